The summed E-state index contributed by atoms with van der Waals surface area (Å²) >= 11 is 0. The number of aryl methyl sites for hydroxylation is 1. The average Bonchev–Trinajstić information content (AvgIpc) is 3.36. The van der Waals surface area contributed by atoms with Crippen LogP contribution in [0.5, 0.6) is 0 Å². The third-order valence-corrected chi connectivity index (χ3v) is 8.70. The summed E-state index contributed by atoms with van der Waals surface area (Å²) in [6.07, 6.45) is 3.84. The molecular formula is C29H32F2N6O3S. The maximum absolute atomic E-state index is 14.8. The van der Waals surface area contributed by atoms with E-state index in [1.165, 1.54) is 28.9 Å². The van der Waals surface area contributed by atoms with E-state index in [1.54, 1.807) is 56.9 Å². The van der Waals surface area contributed by atoms with Gasteiger partial charge in [0.25, 0.3) is 5.91 Å². The lowest BCUT2D eigenvalue weighted by molar-refractivity contribution is 0.0713. The van der Waals surface area contributed by atoms with E-state index in [0.717, 1.165) is 17.3 Å². The van der Waals surface area contributed by atoms with Gasteiger partial charge in [0.2, 0.25) is 10.0 Å². The zero-order valence-electron chi connectivity index (χ0n) is 23.3. The first-order chi connectivity index (χ1) is 19.3. The van der Waals surface area contributed by atoms with Crippen LogP contribution in [0.1, 0.15) is 61.0 Å². The number of fused-ring (bicyclic) bond motifs is 1. The second-order valence-corrected chi connectivity index (χ2v) is 13.0. The van der Waals surface area contributed by atoms with Crippen LogP contribution < -0.4 is 10.0 Å². The molecule has 1 amide bonds. The number of anilines is 2. The highest BCUT2D eigenvalue weighted by molar-refractivity contribution is 7.89. The SMILES string of the molecule is Cc1ccc(F)c(Nc2c(C(=O)N3CCC(c4ccc(F)cc4)CC3)cnc3c(S(=O)(=O)NC(C)(C)C)cnn23)c1. The summed E-state index contributed by atoms with van der Waals surface area (Å²) in [5.74, 6) is -0.900. The molecule has 0 spiro atoms. The van der Waals surface area contributed by atoms with Crippen molar-refractivity contribution in [3.05, 3.63) is 83.2 Å². The standard InChI is InChI=1S/C29H32F2N6O3S/c1-18-5-10-23(31)24(15-18)34-26-22(16-32-27-25(17-33-37(26)27)41(39,40)35-29(2,3)4)28(38)36-13-11-20(12-14-36)19-6-8-21(30)9-7-19/h5-10,15-17,20,34-35H,11-14H2,1-4H3. The number of piperidine rings is 1. The zero-order chi connectivity index (χ0) is 29.5. The summed E-state index contributed by atoms with van der Waals surface area (Å²) in [5, 5.41) is 7.24. The van der Waals surface area contributed by atoms with Crippen LogP contribution in [0.15, 0.2) is 59.8 Å². The summed E-state index contributed by atoms with van der Waals surface area (Å²) in [5.41, 5.74) is 1.27. The third kappa shape index (κ3) is 6.08. The number of likely N-dealkylation sites (tertiary alicyclic amines) is 1. The van der Waals surface area contributed by atoms with Gasteiger partial charge in [0.05, 0.1) is 11.9 Å². The Kier molecular flexibility index (Phi) is 7.56. The highest BCUT2D eigenvalue weighted by atomic mass is 32.2. The second kappa shape index (κ2) is 10.8. The average molecular weight is 583 g/mol. The Balaban J connectivity index is 1.52. The Morgan fingerprint density at radius 3 is 2.37 bits per heavy atom. The molecule has 216 valence electrons. The number of amides is 1. The molecule has 0 saturated carbocycles. The number of hydrogen-bond acceptors (Lipinski definition) is 6. The van der Waals surface area contributed by atoms with Gasteiger partial charge in [0.1, 0.15) is 27.9 Å². The van der Waals surface area contributed by atoms with Gasteiger partial charge in [-0.25, -0.2) is 26.9 Å². The van der Waals surface area contributed by atoms with E-state index in [9.17, 15) is 22.0 Å². The number of carbonyl (C=O) groups excluding carboxylic acids is 1. The van der Waals surface area contributed by atoms with Crippen LogP contribution in [0, 0.1) is 18.6 Å². The minimum absolute atomic E-state index is 0.0103. The quantitative estimate of drug-likeness (QED) is 0.325. The molecule has 0 unspecified atom stereocenters. The van der Waals surface area contributed by atoms with E-state index in [0.29, 0.717) is 25.9 Å². The summed E-state index contributed by atoms with van der Waals surface area (Å²) in [7, 11) is -4.01. The van der Waals surface area contributed by atoms with Crippen molar-refractivity contribution in [2.45, 2.75) is 56.9 Å². The number of aromatic nitrogens is 3. The zero-order valence-corrected chi connectivity index (χ0v) is 24.1. The van der Waals surface area contributed by atoms with Crippen LogP contribution in [-0.4, -0.2) is 52.5 Å². The smallest absolute Gasteiger partial charge is 0.259 e. The number of nitrogens with zero attached hydrogens (tertiary/aromatic N) is 4. The van der Waals surface area contributed by atoms with Gasteiger partial charge in [0.15, 0.2) is 5.65 Å². The van der Waals surface area contributed by atoms with Crippen molar-refractivity contribution in [3.8, 4) is 0 Å². The first kappa shape index (κ1) is 28.6. The number of sulfonamides is 1. The maximum atomic E-state index is 14.8. The monoisotopic (exact) mass is 582 g/mol. The van der Waals surface area contributed by atoms with E-state index >= 15 is 0 Å². The first-order valence-corrected chi connectivity index (χ1v) is 14.8. The van der Waals surface area contributed by atoms with E-state index in [4.69, 9.17) is 0 Å². The largest absolute Gasteiger partial charge is 0.338 e. The Bertz CT molecular complexity index is 1710. The summed E-state index contributed by atoms with van der Waals surface area (Å²) in [6, 6.07) is 10.9. The van der Waals surface area contributed by atoms with Gasteiger partial charge in [0, 0.05) is 24.8 Å². The van der Waals surface area contributed by atoms with E-state index in [2.05, 4.69) is 20.1 Å². The molecule has 3 heterocycles. The predicted octanol–water partition coefficient (Wildman–Crippen LogP) is 5.16. The maximum Gasteiger partial charge on any atom is 0.259 e. The minimum atomic E-state index is -4.01. The number of nitrogens with one attached hydrogen (secondary N) is 2. The lowest BCUT2D eigenvalue weighted by atomic mass is 9.89. The van der Waals surface area contributed by atoms with Gasteiger partial charge in [-0.2, -0.15) is 9.61 Å². The summed E-state index contributed by atoms with van der Waals surface area (Å²) in [6.45, 7) is 7.85. The summed E-state index contributed by atoms with van der Waals surface area (Å²) in [4.78, 5) is 19.7. The first-order valence-electron chi connectivity index (χ1n) is 13.3. The van der Waals surface area contributed by atoms with Crippen LogP contribution >= 0.6 is 0 Å². The molecule has 1 aliphatic heterocycles. The molecule has 1 aliphatic rings. The number of benzene rings is 2. The van der Waals surface area contributed by atoms with Crippen molar-refractivity contribution in [1.29, 1.82) is 0 Å². The fourth-order valence-electron chi connectivity index (χ4n) is 5.02. The van der Waals surface area contributed by atoms with Gasteiger partial charge in [-0.3, -0.25) is 4.79 Å². The highest BCUT2D eigenvalue weighted by Gasteiger charge is 2.31. The van der Waals surface area contributed by atoms with Crippen molar-refractivity contribution in [1.82, 2.24) is 24.2 Å². The molecule has 1 fully saturated rings. The fourth-order valence-corrected chi connectivity index (χ4v) is 6.50. The van der Waals surface area contributed by atoms with Crippen LogP contribution in [0.3, 0.4) is 0 Å². The molecule has 0 aliphatic carbocycles. The topological polar surface area (TPSA) is 109 Å². The van der Waals surface area contributed by atoms with E-state index in [1.807, 2.05) is 0 Å². The van der Waals surface area contributed by atoms with Crippen molar-refractivity contribution < 1.29 is 22.0 Å². The Hall–Kier alpha value is -3.90. The molecule has 41 heavy (non-hydrogen) atoms. The van der Waals surface area contributed by atoms with Crippen molar-refractivity contribution >= 4 is 33.1 Å². The van der Waals surface area contributed by atoms with Crippen molar-refractivity contribution in [2.24, 2.45) is 0 Å². The molecule has 9 nitrogen and oxygen atoms in total. The molecular weight excluding hydrogens is 550 g/mol. The molecule has 2 aromatic carbocycles. The van der Waals surface area contributed by atoms with Crippen LogP contribution in [0.4, 0.5) is 20.3 Å². The lowest BCUT2D eigenvalue weighted by Gasteiger charge is -2.32. The number of hydrogen-bond donors (Lipinski definition) is 2. The normalized spacial score (nSPS) is 14.9. The number of halogens is 2. The molecule has 12 heteroatoms. The molecule has 5 rings (SSSR count). The van der Waals surface area contributed by atoms with Crippen molar-refractivity contribution in [2.75, 3.05) is 18.4 Å². The molecule has 2 aromatic heterocycles. The van der Waals surface area contributed by atoms with E-state index in [-0.39, 0.29) is 45.3 Å². The van der Waals surface area contributed by atoms with Crippen LogP contribution in [0.25, 0.3) is 5.65 Å². The fraction of sp³-hybridized carbons (Fsp3) is 0.345. The second-order valence-electron chi connectivity index (χ2n) is 11.3. The molecule has 0 bridgehead atoms. The van der Waals surface area contributed by atoms with E-state index < -0.39 is 21.4 Å². The lowest BCUT2D eigenvalue weighted by Crippen LogP contribution is -2.40. The Labute approximate surface area is 237 Å². The summed E-state index contributed by atoms with van der Waals surface area (Å²) < 4.78 is 58.3. The Morgan fingerprint density at radius 2 is 1.71 bits per heavy atom. The molecule has 0 atom stereocenters. The molecule has 4 aromatic rings. The Morgan fingerprint density at radius 1 is 1.02 bits per heavy atom. The molecule has 0 radical (unpaired) electrons. The highest BCUT2D eigenvalue weighted by Crippen LogP contribution is 2.32. The molecule has 2 N–H and O–H groups in total. The van der Waals surface area contributed by atoms with Gasteiger partial charge in [-0.15, -0.1) is 0 Å². The van der Waals surface area contributed by atoms with Gasteiger partial charge in [-0.05, 0) is 81.8 Å². The number of rotatable bonds is 6. The minimum Gasteiger partial charge on any atom is -0.338 e. The van der Waals surface area contributed by atoms with Crippen LogP contribution in [-0.2, 0) is 10.0 Å². The van der Waals surface area contributed by atoms with Gasteiger partial charge >= 0.3 is 0 Å². The van der Waals surface area contributed by atoms with Crippen LogP contribution in [0.2, 0.25) is 0 Å². The molecule has 1 saturated heterocycles. The van der Waals surface area contributed by atoms with Crippen molar-refractivity contribution in [3.63, 3.8) is 0 Å². The third-order valence-electron chi connectivity index (χ3n) is 6.95. The number of carbonyl (C=O) groups is 1. The van der Waals surface area contributed by atoms with Gasteiger partial charge in [-0.1, -0.05) is 18.2 Å². The predicted molar refractivity (Wildman–Crippen MR) is 152 cm³/mol. The van der Waals surface area contributed by atoms with Gasteiger partial charge < -0.3 is 10.2 Å².